The molecule has 2 aromatic carbocycles. The number of carbonyl (C=O) groups excluding carboxylic acids is 2. The minimum absolute atomic E-state index is 0.309. The second-order valence-corrected chi connectivity index (χ2v) is 7.85. The van der Waals surface area contributed by atoms with Crippen molar-refractivity contribution in [3.05, 3.63) is 53.6 Å². The first-order valence-corrected chi connectivity index (χ1v) is 9.89. The minimum Gasteiger partial charge on any atom is -0.549 e. The van der Waals surface area contributed by atoms with Crippen LogP contribution in [0.15, 0.2) is 42.5 Å². The molecule has 3 atom stereocenters. The number of ether oxygens (including phenoxy) is 3. The molecule has 0 aliphatic carbocycles. The predicted molar refractivity (Wildman–Crippen MR) is 106 cm³/mol. The summed E-state index contributed by atoms with van der Waals surface area (Å²) >= 11 is 0. The van der Waals surface area contributed by atoms with E-state index >= 15 is 0 Å². The first-order chi connectivity index (χ1) is 14.4. The van der Waals surface area contributed by atoms with E-state index < -0.39 is 29.4 Å². The van der Waals surface area contributed by atoms with Crippen molar-refractivity contribution in [1.82, 2.24) is 4.90 Å². The van der Waals surface area contributed by atoms with E-state index in [0.29, 0.717) is 36.6 Å². The monoisotopic (exact) mass is 410 g/mol. The van der Waals surface area contributed by atoms with Gasteiger partial charge in [-0.25, -0.2) is 0 Å². The summed E-state index contributed by atoms with van der Waals surface area (Å²) < 4.78 is 16.8. The summed E-state index contributed by atoms with van der Waals surface area (Å²) in [6.45, 7) is 2.15. The van der Waals surface area contributed by atoms with E-state index in [1.54, 1.807) is 20.3 Å². The van der Waals surface area contributed by atoms with Crippen LogP contribution >= 0.6 is 0 Å². The van der Waals surface area contributed by atoms with Gasteiger partial charge in [-0.2, -0.15) is 0 Å². The van der Waals surface area contributed by atoms with Gasteiger partial charge in [0, 0.05) is 18.9 Å². The summed E-state index contributed by atoms with van der Waals surface area (Å²) in [7, 11) is 3.13. The number of para-hydroxylation sites is 1. The Morgan fingerprint density at radius 2 is 1.93 bits per heavy atom. The van der Waals surface area contributed by atoms with E-state index in [0.717, 1.165) is 11.1 Å². The van der Waals surface area contributed by atoms with Gasteiger partial charge in [-0.15, -0.1) is 0 Å². The summed E-state index contributed by atoms with van der Waals surface area (Å²) in [5.74, 6) is -1.67. The number of carbonyl (C=O) groups is 2. The zero-order chi connectivity index (χ0) is 21.5. The summed E-state index contributed by atoms with van der Waals surface area (Å²) in [5.41, 5.74) is 0.767. The third-order valence-corrected chi connectivity index (χ3v) is 6.08. The molecule has 0 radical (unpaired) electrons. The van der Waals surface area contributed by atoms with Crippen LogP contribution < -0.4 is 19.3 Å². The zero-order valence-electron chi connectivity index (χ0n) is 17.2. The van der Waals surface area contributed by atoms with Crippen LogP contribution in [0.3, 0.4) is 0 Å². The summed E-state index contributed by atoms with van der Waals surface area (Å²) in [4.78, 5) is 26.7. The molecule has 2 heterocycles. The van der Waals surface area contributed by atoms with Crippen molar-refractivity contribution < 1.29 is 28.9 Å². The minimum atomic E-state index is -1.35. The van der Waals surface area contributed by atoms with Crippen LogP contribution in [0.5, 0.6) is 17.2 Å². The second kappa shape index (κ2) is 7.55. The van der Waals surface area contributed by atoms with Gasteiger partial charge in [0.1, 0.15) is 5.75 Å². The molecule has 7 nitrogen and oxygen atoms in total. The highest BCUT2D eigenvalue weighted by molar-refractivity contribution is 5.98. The molecular weight excluding hydrogens is 386 g/mol. The van der Waals surface area contributed by atoms with Gasteiger partial charge >= 0.3 is 0 Å². The van der Waals surface area contributed by atoms with Gasteiger partial charge in [0.15, 0.2) is 17.2 Å². The van der Waals surface area contributed by atoms with Crippen molar-refractivity contribution in [2.24, 2.45) is 5.92 Å². The van der Waals surface area contributed by atoms with E-state index in [4.69, 9.17) is 14.2 Å². The molecule has 2 bridgehead atoms. The molecule has 2 aliphatic heterocycles. The number of rotatable bonds is 6. The third kappa shape index (κ3) is 3.24. The molecule has 0 N–H and O–H groups in total. The average molecular weight is 410 g/mol. The number of carboxylic acid groups (broad SMARTS) is 1. The van der Waals surface area contributed by atoms with Crippen molar-refractivity contribution in [2.45, 2.75) is 31.4 Å². The number of nitrogens with zero attached hydrogens (tertiary/aromatic N) is 1. The Hall–Kier alpha value is -3.22. The highest BCUT2D eigenvalue weighted by Crippen LogP contribution is 2.49. The van der Waals surface area contributed by atoms with Gasteiger partial charge in [0.05, 0.1) is 26.1 Å². The summed E-state index contributed by atoms with van der Waals surface area (Å²) in [5, 5.41) is 11.9. The summed E-state index contributed by atoms with van der Waals surface area (Å²) in [6, 6.07) is 12.9. The molecule has 0 saturated carbocycles. The van der Waals surface area contributed by atoms with Crippen molar-refractivity contribution in [3.8, 4) is 17.2 Å². The lowest BCUT2D eigenvalue weighted by molar-refractivity contribution is -0.313. The molecule has 2 aromatic rings. The topological polar surface area (TPSA) is 88.1 Å². The Balaban J connectivity index is 1.64. The van der Waals surface area contributed by atoms with E-state index in [-0.39, 0.29) is 0 Å². The number of methoxy groups -OCH3 is 2. The largest absolute Gasteiger partial charge is 0.549 e. The van der Waals surface area contributed by atoms with E-state index in [1.165, 1.54) is 4.90 Å². The predicted octanol–water partition coefficient (Wildman–Crippen LogP) is 1.74. The number of hydrogen-bond acceptors (Lipinski definition) is 6. The molecule has 1 amide bonds. The van der Waals surface area contributed by atoms with Gasteiger partial charge in [0.25, 0.3) is 0 Å². The third-order valence-electron chi connectivity index (χ3n) is 6.08. The molecule has 0 unspecified atom stereocenters. The summed E-state index contributed by atoms with van der Waals surface area (Å²) in [6.07, 6.45) is 0.914. The average Bonchev–Trinajstić information content (AvgIpc) is 2.72. The molecule has 2 aliphatic rings. The molecule has 0 spiro atoms. The maximum absolute atomic E-state index is 13.2. The van der Waals surface area contributed by atoms with E-state index in [1.807, 2.05) is 43.3 Å². The first-order valence-electron chi connectivity index (χ1n) is 9.89. The van der Waals surface area contributed by atoms with Crippen molar-refractivity contribution in [1.29, 1.82) is 0 Å². The Bertz CT molecular complexity index is 989. The highest BCUT2D eigenvalue weighted by Gasteiger charge is 2.54. The quantitative estimate of drug-likeness (QED) is 0.674. The van der Waals surface area contributed by atoms with Crippen LogP contribution in [0.4, 0.5) is 0 Å². The zero-order valence-corrected chi connectivity index (χ0v) is 17.2. The molecule has 0 aromatic heterocycles. The SMILES string of the molecule is COc1ccc(CCN2C(=O)[C@@H](C(=O)[O-])[C@@H]3C[C@@]2(C)Oc2ccccc23)cc1OC. The van der Waals surface area contributed by atoms with E-state index in [2.05, 4.69) is 0 Å². The molecule has 1 fully saturated rings. The number of fused-ring (bicyclic) bond motifs is 4. The number of likely N-dealkylation sites (tertiary alicyclic amines) is 1. The number of benzene rings is 2. The molecule has 4 rings (SSSR count). The fraction of sp³-hybridized carbons (Fsp3) is 0.391. The number of hydrogen-bond donors (Lipinski definition) is 0. The lowest BCUT2D eigenvalue weighted by atomic mass is 9.73. The molecular formula is C23H24NO6-. The Morgan fingerprint density at radius 1 is 1.20 bits per heavy atom. The normalized spacial score (nSPS) is 24.6. The number of piperidine rings is 1. The van der Waals surface area contributed by atoms with Crippen LogP contribution in [-0.2, 0) is 16.0 Å². The molecule has 158 valence electrons. The number of amides is 1. The number of carboxylic acids is 1. The van der Waals surface area contributed by atoms with Crippen LogP contribution in [0.25, 0.3) is 0 Å². The Labute approximate surface area is 175 Å². The number of aliphatic carboxylic acids is 1. The lowest BCUT2D eigenvalue weighted by Crippen LogP contribution is -2.65. The van der Waals surface area contributed by atoms with Gasteiger partial charge < -0.3 is 29.0 Å². The Kier molecular flexibility index (Phi) is 5.05. The Morgan fingerprint density at radius 3 is 2.63 bits per heavy atom. The van der Waals surface area contributed by atoms with Gasteiger partial charge in [0.2, 0.25) is 5.91 Å². The maximum Gasteiger partial charge on any atom is 0.235 e. The van der Waals surface area contributed by atoms with Crippen LogP contribution in [0.1, 0.15) is 30.4 Å². The van der Waals surface area contributed by atoms with Crippen molar-refractivity contribution in [2.75, 3.05) is 20.8 Å². The van der Waals surface area contributed by atoms with Crippen LogP contribution in [-0.4, -0.2) is 43.3 Å². The second-order valence-electron chi connectivity index (χ2n) is 7.85. The first kappa shape index (κ1) is 20.1. The highest BCUT2D eigenvalue weighted by atomic mass is 16.5. The molecule has 1 saturated heterocycles. The standard InChI is InChI=1S/C23H25NO6/c1-23-13-16(15-6-4-5-7-17(15)30-23)20(22(26)27)21(25)24(23)11-10-14-8-9-18(28-2)19(12-14)29-3/h4-9,12,16,20H,10-11,13H2,1-3H3,(H,26,27)/p-1/t16-,20+,23-/m1/s1. The van der Waals surface area contributed by atoms with Gasteiger partial charge in [-0.3, -0.25) is 4.79 Å². The van der Waals surface area contributed by atoms with Crippen LogP contribution in [0.2, 0.25) is 0 Å². The van der Waals surface area contributed by atoms with Crippen molar-refractivity contribution in [3.63, 3.8) is 0 Å². The fourth-order valence-electron chi connectivity index (χ4n) is 4.60. The van der Waals surface area contributed by atoms with E-state index in [9.17, 15) is 14.7 Å². The smallest absolute Gasteiger partial charge is 0.235 e. The van der Waals surface area contributed by atoms with Gasteiger partial charge in [-0.1, -0.05) is 24.3 Å². The van der Waals surface area contributed by atoms with Gasteiger partial charge in [-0.05, 0) is 42.7 Å². The molecule has 7 heteroatoms. The molecule has 30 heavy (non-hydrogen) atoms. The van der Waals surface area contributed by atoms with Crippen LogP contribution in [0, 0.1) is 5.92 Å². The fourth-order valence-corrected chi connectivity index (χ4v) is 4.60. The maximum atomic E-state index is 13.2. The van der Waals surface area contributed by atoms with Crippen molar-refractivity contribution >= 4 is 11.9 Å². The lowest BCUT2D eigenvalue weighted by Gasteiger charge is -2.53.